The fourth-order valence-electron chi connectivity index (χ4n) is 4.87. The molecule has 0 unspecified atom stereocenters. The molecule has 0 radical (unpaired) electrons. The average molecular weight is 544 g/mol. The van der Waals surface area contributed by atoms with E-state index < -0.39 is 39.9 Å². The summed E-state index contributed by atoms with van der Waals surface area (Å²) in [6, 6.07) is 4.68. The van der Waals surface area contributed by atoms with Gasteiger partial charge in [0, 0.05) is 0 Å². The first-order valence-electron chi connectivity index (χ1n) is 12.1. The van der Waals surface area contributed by atoms with Crippen LogP contribution in [0.3, 0.4) is 0 Å². The van der Waals surface area contributed by atoms with Crippen LogP contribution in [-0.2, 0) is 16.6 Å². The molecule has 0 heterocycles. The standard InChI is InChI=1S/2C10H9F2O.2C5H5.Ti/c2*1-2-3-6-13-10-5-4-8(11)7-9(10)12;2*1-2-4-5-3-1;/h2*2-5H,6H2,1H3;2*1-3H,4H2;/b2*3-2+;;;. The van der Waals surface area contributed by atoms with Crippen molar-refractivity contribution in [2.24, 2.45) is 0 Å². The number of hydrogen-bond acceptors (Lipinski definition) is 2. The molecule has 0 saturated carbocycles. The van der Waals surface area contributed by atoms with Gasteiger partial charge in [0.1, 0.15) is 0 Å². The van der Waals surface area contributed by atoms with Crippen LogP contribution in [0.15, 0.2) is 92.8 Å². The van der Waals surface area contributed by atoms with Crippen molar-refractivity contribution in [1.29, 1.82) is 0 Å². The monoisotopic (exact) mass is 544 g/mol. The Labute approximate surface area is 218 Å². The van der Waals surface area contributed by atoms with Crippen LogP contribution in [0.2, 0.25) is 0 Å². The predicted molar refractivity (Wildman–Crippen MR) is 136 cm³/mol. The third-order valence-electron chi connectivity index (χ3n) is 6.51. The number of ether oxygens (including phenoxy) is 2. The maximum atomic E-state index is 16.3. The van der Waals surface area contributed by atoms with E-state index in [1.165, 1.54) is 12.1 Å². The first kappa shape index (κ1) is 27.0. The molecule has 7 heteroatoms. The molecule has 0 bridgehead atoms. The van der Waals surface area contributed by atoms with E-state index in [-0.39, 0.29) is 32.4 Å². The van der Waals surface area contributed by atoms with Gasteiger partial charge in [-0.2, -0.15) is 0 Å². The predicted octanol–water partition coefficient (Wildman–Crippen LogP) is 6.95. The molecule has 2 aliphatic rings. The van der Waals surface area contributed by atoms with Crippen molar-refractivity contribution < 1.29 is 43.6 Å². The summed E-state index contributed by atoms with van der Waals surface area (Å²) in [5.41, 5.74) is 0. The molecular formula is C30H28F4O2Ti. The molecule has 0 N–H and O–H groups in total. The molecule has 0 aromatic heterocycles. The summed E-state index contributed by atoms with van der Waals surface area (Å²) < 4.78 is 76.3. The summed E-state index contributed by atoms with van der Waals surface area (Å²) in [6.07, 6.45) is 18.2. The zero-order valence-corrected chi connectivity index (χ0v) is 22.3. The Morgan fingerprint density at radius 1 is 0.703 bits per heavy atom. The third-order valence-corrected chi connectivity index (χ3v) is 14.4. The Morgan fingerprint density at radius 2 is 1.14 bits per heavy atom. The molecule has 192 valence electrons. The Morgan fingerprint density at radius 3 is 1.49 bits per heavy atom. The number of rotatable bonds is 10. The first-order valence-corrected chi connectivity index (χ1v) is 15.3. The second-order valence-corrected chi connectivity index (χ2v) is 14.5. The fraction of sp³-hybridized carbons (Fsp3) is 0.200. The Hall–Kier alpha value is -3.09. The normalized spacial score (nSPS) is 15.2. The van der Waals surface area contributed by atoms with Crippen LogP contribution in [0.4, 0.5) is 17.6 Å². The van der Waals surface area contributed by atoms with Gasteiger partial charge in [0.15, 0.2) is 0 Å². The molecule has 2 nitrogen and oxygen atoms in total. The first-order chi connectivity index (χ1) is 18.0. The van der Waals surface area contributed by atoms with Crippen molar-refractivity contribution in [3.8, 4) is 11.5 Å². The maximum absolute atomic E-state index is 16.3. The second kappa shape index (κ2) is 12.0. The molecule has 37 heavy (non-hydrogen) atoms. The Balaban J connectivity index is 2.07. The molecule has 2 aliphatic carbocycles. The van der Waals surface area contributed by atoms with E-state index in [4.69, 9.17) is 9.47 Å². The third kappa shape index (κ3) is 5.05. The SMILES string of the molecule is C/C=C/COc1ccc(F)[c]([Ti]([C]2=CC=CC2)([C]2=CC=CC2)[c]2c(F)ccc(OC/C=C/C)c2F)c1F. The number of hydrogen-bond donors (Lipinski definition) is 0. The summed E-state index contributed by atoms with van der Waals surface area (Å²) >= 11 is -4.88. The van der Waals surface area contributed by atoms with E-state index in [2.05, 4.69) is 0 Å². The van der Waals surface area contributed by atoms with Crippen molar-refractivity contribution in [2.45, 2.75) is 26.7 Å². The van der Waals surface area contributed by atoms with Crippen LogP contribution in [0.25, 0.3) is 0 Å². The van der Waals surface area contributed by atoms with Crippen molar-refractivity contribution in [2.75, 3.05) is 13.2 Å². The summed E-state index contributed by atoms with van der Waals surface area (Å²) in [6.45, 7) is 3.74. The van der Waals surface area contributed by atoms with E-state index in [1.54, 1.807) is 62.5 Å². The zero-order valence-electron chi connectivity index (χ0n) is 20.7. The van der Waals surface area contributed by atoms with Crippen molar-refractivity contribution >= 4 is 7.74 Å². The van der Waals surface area contributed by atoms with Crippen molar-refractivity contribution in [3.05, 3.63) is 116 Å². The van der Waals surface area contributed by atoms with Gasteiger partial charge in [0.2, 0.25) is 0 Å². The van der Waals surface area contributed by atoms with E-state index in [1.807, 2.05) is 12.2 Å². The molecule has 0 spiro atoms. The minimum atomic E-state index is -4.88. The molecule has 0 atom stereocenters. The molecule has 0 amide bonds. The Kier molecular flexibility index (Phi) is 8.73. The van der Waals surface area contributed by atoms with Gasteiger partial charge in [0.25, 0.3) is 0 Å². The van der Waals surface area contributed by atoms with Crippen LogP contribution in [-0.4, -0.2) is 13.2 Å². The van der Waals surface area contributed by atoms with E-state index in [0.717, 1.165) is 12.1 Å². The number of benzene rings is 2. The molecule has 2 aromatic rings. The van der Waals surface area contributed by atoms with Gasteiger partial charge in [-0.1, -0.05) is 0 Å². The quantitative estimate of drug-likeness (QED) is 0.183. The molecule has 0 aliphatic heterocycles. The van der Waals surface area contributed by atoms with Crippen LogP contribution in [0.5, 0.6) is 11.5 Å². The molecule has 0 saturated heterocycles. The van der Waals surface area contributed by atoms with E-state index >= 15 is 17.6 Å². The second-order valence-electron chi connectivity index (χ2n) is 8.63. The van der Waals surface area contributed by atoms with Gasteiger partial charge in [-0.05, 0) is 0 Å². The van der Waals surface area contributed by atoms with Gasteiger partial charge in [-0.15, -0.1) is 0 Å². The van der Waals surface area contributed by atoms with Crippen LogP contribution >= 0.6 is 0 Å². The minimum absolute atomic E-state index is 0.0734. The van der Waals surface area contributed by atoms with Gasteiger partial charge >= 0.3 is 219 Å². The summed E-state index contributed by atoms with van der Waals surface area (Å²) in [5, 5.41) is 0. The molecule has 4 rings (SSSR count). The fourth-order valence-corrected chi connectivity index (χ4v) is 13.1. The molecular weight excluding hydrogens is 516 g/mol. The van der Waals surface area contributed by atoms with Crippen LogP contribution in [0, 0.1) is 23.3 Å². The van der Waals surface area contributed by atoms with Gasteiger partial charge in [-0.25, -0.2) is 0 Å². The van der Waals surface area contributed by atoms with Crippen LogP contribution < -0.4 is 17.2 Å². The topological polar surface area (TPSA) is 18.5 Å². The van der Waals surface area contributed by atoms with Gasteiger partial charge in [0.05, 0.1) is 0 Å². The number of allylic oxidation sites excluding steroid dienone is 10. The number of halogens is 4. The summed E-state index contributed by atoms with van der Waals surface area (Å²) in [5.74, 6) is -3.88. The molecule has 2 aromatic carbocycles. The van der Waals surface area contributed by atoms with Crippen molar-refractivity contribution in [1.82, 2.24) is 0 Å². The average Bonchev–Trinajstić information content (AvgIpc) is 3.61. The van der Waals surface area contributed by atoms with Gasteiger partial charge < -0.3 is 0 Å². The summed E-state index contributed by atoms with van der Waals surface area (Å²) in [7, 11) is 0. The van der Waals surface area contributed by atoms with Crippen molar-refractivity contribution in [3.63, 3.8) is 0 Å². The van der Waals surface area contributed by atoms with E-state index in [0.29, 0.717) is 20.6 Å². The Bertz CT molecular complexity index is 1250. The van der Waals surface area contributed by atoms with E-state index in [9.17, 15) is 0 Å². The zero-order chi connectivity index (χ0) is 26.4. The van der Waals surface area contributed by atoms with Gasteiger partial charge in [-0.3, -0.25) is 0 Å². The summed E-state index contributed by atoms with van der Waals surface area (Å²) in [4.78, 5) is 0. The van der Waals surface area contributed by atoms with Crippen LogP contribution in [0.1, 0.15) is 26.7 Å². The molecule has 0 fully saturated rings.